The summed E-state index contributed by atoms with van der Waals surface area (Å²) in [6.07, 6.45) is 5.24. The minimum absolute atomic E-state index is 0.0172. The van der Waals surface area contributed by atoms with Crippen molar-refractivity contribution in [1.29, 1.82) is 0 Å². The fourth-order valence-electron chi connectivity index (χ4n) is 6.96. The van der Waals surface area contributed by atoms with Crippen LogP contribution in [0.1, 0.15) is 69.2 Å². The Kier molecular flexibility index (Phi) is 15.2. The molecule has 0 bridgehead atoms. The zero-order chi connectivity index (χ0) is 42.5. The molecule has 14 nitrogen and oxygen atoms in total. The molecule has 0 spiro atoms. The number of aromatic nitrogens is 4. The van der Waals surface area contributed by atoms with Crippen LogP contribution >= 0.6 is 0 Å². The summed E-state index contributed by atoms with van der Waals surface area (Å²) in [5.41, 5.74) is 5.52. The molecule has 14 heteroatoms. The molecule has 0 fully saturated rings. The van der Waals surface area contributed by atoms with Gasteiger partial charge in [0.1, 0.15) is 23.5 Å². The standard InChI is InChI=1S/C45H57N7O7/c1-43(2,3)59-42(55)51-36(23-32-15-9-6-10-16-32)40(54)52(37(39(46)53)24-35-26-47-31-50-35)38(25-44(4,5)29-57-27-33-17-11-7-12-18-33)45(56,41-48-21-22-49-41)30-58-28-34-19-13-8-14-20-34/h6-22,26,31,36-38,56H,23-25,27-30H2,1-5H3,(H2,46,53)(H,47,50)(H,48,49)(H,51,55)/t36-,37-,38-,45-/m0/s1. The third-order valence-electron chi connectivity index (χ3n) is 9.73. The van der Waals surface area contributed by atoms with Crippen LogP contribution in [0.5, 0.6) is 0 Å². The van der Waals surface area contributed by atoms with Gasteiger partial charge in [0, 0.05) is 31.4 Å². The average Bonchev–Trinajstić information content (AvgIpc) is 3.93. The van der Waals surface area contributed by atoms with Crippen LogP contribution in [0.4, 0.5) is 4.79 Å². The van der Waals surface area contributed by atoms with Gasteiger partial charge in [-0.3, -0.25) is 9.59 Å². The number of carbonyl (C=O) groups excluding carboxylic acids is 3. The van der Waals surface area contributed by atoms with Gasteiger partial charge in [-0.1, -0.05) is 105 Å². The van der Waals surface area contributed by atoms with Crippen molar-refractivity contribution in [3.05, 3.63) is 144 Å². The predicted molar refractivity (Wildman–Crippen MR) is 222 cm³/mol. The molecule has 0 aliphatic carbocycles. The normalized spacial score (nSPS) is 14.4. The van der Waals surface area contributed by atoms with Crippen LogP contribution in [0.15, 0.2) is 116 Å². The second-order valence-corrected chi connectivity index (χ2v) is 16.5. The van der Waals surface area contributed by atoms with Crippen LogP contribution in [-0.4, -0.2) is 84.8 Å². The number of carbonyl (C=O) groups is 3. The van der Waals surface area contributed by atoms with E-state index in [1.54, 1.807) is 33.2 Å². The second kappa shape index (κ2) is 20.2. The summed E-state index contributed by atoms with van der Waals surface area (Å²) >= 11 is 0. The van der Waals surface area contributed by atoms with E-state index in [1.165, 1.54) is 17.4 Å². The SMILES string of the molecule is CC(C)(COCc1ccccc1)C[C@H](N(C(=O)[C@H](Cc1ccccc1)NC(=O)OC(C)(C)C)[C@@H](Cc1c[nH]cn1)C(N)=O)[C@@](O)(COCc1ccccc1)c1ncc[nH]1. The van der Waals surface area contributed by atoms with Crippen molar-refractivity contribution >= 4 is 17.9 Å². The Morgan fingerprint density at radius 3 is 1.90 bits per heavy atom. The lowest BCUT2D eigenvalue weighted by molar-refractivity contribution is -0.166. The quantitative estimate of drug-likeness (QED) is 0.0627. The first-order chi connectivity index (χ1) is 28.1. The molecular weight excluding hydrogens is 751 g/mol. The molecule has 5 rings (SSSR count). The Balaban J connectivity index is 1.66. The predicted octanol–water partition coefficient (Wildman–Crippen LogP) is 5.60. The number of hydrogen-bond acceptors (Lipinski definition) is 9. The number of nitrogens with two attached hydrogens (primary N) is 1. The highest BCUT2D eigenvalue weighted by atomic mass is 16.6. The molecule has 5 aromatic rings. The zero-order valence-electron chi connectivity index (χ0n) is 34.5. The lowest BCUT2D eigenvalue weighted by Gasteiger charge is -2.48. The number of H-pyrrole nitrogens is 2. The molecule has 0 saturated heterocycles. The van der Waals surface area contributed by atoms with Crippen molar-refractivity contribution < 1.29 is 33.7 Å². The molecule has 0 radical (unpaired) electrons. The van der Waals surface area contributed by atoms with E-state index in [4.69, 9.17) is 19.9 Å². The number of hydrogen-bond donors (Lipinski definition) is 5. The molecule has 2 heterocycles. The summed E-state index contributed by atoms with van der Waals surface area (Å²) in [5, 5.41) is 16.1. The van der Waals surface area contributed by atoms with Gasteiger partial charge in [0.05, 0.1) is 44.5 Å². The number of nitrogens with one attached hydrogen (secondary N) is 3. The topological polar surface area (TPSA) is 198 Å². The molecule has 2 aromatic heterocycles. The number of ether oxygens (including phenoxy) is 3. The second-order valence-electron chi connectivity index (χ2n) is 16.5. The van der Waals surface area contributed by atoms with Gasteiger partial charge in [0.25, 0.3) is 0 Å². The highest BCUT2D eigenvalue weighted by Gasteiger charge is 2.52. The smallest absolute Gasteiger partial charge is 0.408 e. The number of primary amides is 1. The monoisotopic (exact) mass is 807 g/mol. The van der Waals surface area contributed by atoms with E-state index in [-0.39, 0.29) is 44.9 Å². The maximum Gasteiger partial charge on any atom is 0.408 e. The number of rotatable bonds is 21. The fraction of sp³-hybridized carbons (Fsp3) is 0.400. The van der Waals surface area contributed by atoms with Crippen LogP contribution in [0.25, 0.3) is 0 Å². The van der Waals surface area contributed by atoms with Crippen LogP contribution in [-0.2, 0) is 55.5 Å². The van der Waals surface area contributed by atoms with E-state index in [1.807, 2.05) is 105 Å². The molecule has 0 unspecified atom stereocenters. The molecule has 0 saturated carbocycles. The van der Waals surface area contributed by atoms with Gasteiger partial charge < -0.3 is 45.2 Å². The van der Waals surface area contributed by atoms with Crippen LogP contribution in [0, 0.1) is 5.41 Å². The molecule has 6 N–H and O–H groups in total. The minimum atomic E-state index is -2.09. The molecule has 4 atom stereocenters. The van der Waals surface area contributed by atoms with Gasteiger partial charge in [0.2, 0.25) is 11.8 Å². The maximum atomic E-state index is 15.7. The molecule has 3 amide bonds. The Morgan fingerprint density at radius 2 is 1.39 bits per heavy atom. The van der Waals surface area contributed by atoms with Gasteiger partial charge in [-0.25, -0.2) is 14.8 Å². The molecular formula is C45H57N7O7. The van der Waals surface area contributed by atoms with Gasteiger partial charge in [0.15, 0.2) is 5.60 Å². The van der Waals surface area contributed by atoms with Crippen molar-refractivity contribution in [1.82, 2.24) is 30.2 Å². The van der Waals surface area contributed by atoms with Crippen molar-refractivity contribution in [2.24, 2.45) is 11.1 Å². The molecule has 0 aliphatic rings. The van der Waals surface area contributed by atoms with Gasteiger partial charge in [-0.15, -0.1) is 0 Å². The minimum Gasteiger partial charge on any atom is -0.444 e. The Bertz CT molecular complexity index is 2020. The van der Waals surface area contributed by atoms with E-state index in [2.05, 4.69) is 25.3 Å². The van der Waals surface area contributed by atoms with Gasteiger partial charge in [-0.05, 0) is 49.3 Å². The molecule has 3 aromatic carbocycles. The highest BCUT2D eigenvalue weighted by Crippen LogP contribution is 2.38. The summed E-state index contributed by atoms with van der Waals surface area (Å²) in [6, 6.07) is 24.4. The number of alkyl carbamates (subject to hydrolysis) is 1. The van der Waals surface area contributed by atoms with Crippen molar-refractivity contribution in [2.45, 2.75) is 96.4 Å². The third kappa shape index (κ3) is 13.1. The van der Waals surface area contributed by atoms with Crippen molar-refractivity contribution in [3.63, 3.8) is 0 Å². The Labute approximate surface area is 345 Å². The van der Waals surface area contributed by atoms with Gasteiger partial charge in [-0.2, -0.15) is 0 Å². The average molecular weight is 808 g/mol. The van der Waals surface area contributed by atoms with E-state index < -0.39 is 52.7 Å². The van der Waals surface area contributed by atoms with Crippen LogP contribution in [0.3, 0.4) is 0 Å². The van der Waals surface area contributed by atoms with E-state index >= 15 is 4.79 Å². The largest absolute Gasteiger partial charge is 0.444 e. The summed E-state index contributed by atoms with van der Waals surface area (Å²) in [7, 11) is 0. The first-order valence-corrected chi connectivity index (χ1v) is 19.7. The number of aromatic amines is 2. The van der Waals surface area contributed by atoms with E-state index in [0.29, 0.717) is 12.3 Å². The Hall–Kier alpha value is -5.83. The Morgan fingerprint density at radius 1 is 0.814 bits per heavy atom. The van der Waals surface area contributed by atoms with Crippen LogP contribution < -0.4 is 11.1 Å². The van der Waals surface area contributed by atoms with E-state index in [9.17, 15) is 14.7 Å². The lowest BCUT2D eigenvalue weighted by Crippen LogP contribution is -2.66. The molecule has 59 heavy (non-hydrogen) atoms. The third-order valence-corrected chi connectivity index (χ3v) is 9.73. The number of aliphatic hydroxyl groups is 1. The molecule has 314 valence electrons. The van der Waals surface area contributed by atoms with Gasteiger partial charge >= 0.3 is 6.09 Å². The highest BCUT2D eigenvalue weighted by molar-refractivity contribution is 5.91. The number of amides is 3. The number of nitrogens with zero attached hydrogens (tertiary/aromatic N) is 3. The first kappa shape index (κ1) is 44.3. The summed E-state index contributed by atoms with van der Waals surface area (Å²) in [6.45, 7) is 9.35. The van der Waals surface area contributed by atoms with Crippen molar-refractivity contribution in [3.8, 4) is 0 Å². The summed E-state index contributed by atoms with van der Waals surface area (Å²) < 4.78 is 18.2. The number of imidazole rings is 2. The lowest BCUT2D eigenvalue weighted by atomic mass is 9.77. The maximum absolute atomic E-state index is 15.7. The van der Waals surface area contributed by atoms with Crippen LogP contribution in [0.2, 0.25) is 0 Å². The first-order valence-electron chi connectivity index (χ1n) is 19.7. The summed E-state index contributed by atoms with van der Waals surface area (Å²) in [4.78, 5) is 59.2. The fourth-order valence-corrected chi connectivity index (χ4v) is 6.96. The van der Waals surface area contributed by atoms with Crippen molar-refractivity contribution in [2.75, 3.05) is 13.2 Å². The summed E-state index contributed by atoms with van der Waals surface area (Å²) in [5.74, 6) is -1.46. The molecule has 0 aliphatic heterocycles. The zero-order valence-corrected chi connectivity index (χ0v) is 34.5. The number of benzene rings is 3. The van der Waals surface area contributed by atoms with E-state index in [0.717, 1.165) is 16.7 Å².